The van der Waals surface area contributed by atoms with Crippen molar-refractivity contribution < 1.29 is 0 Å². The monoisotopic (exact) mass is 240 g/mol. The average Bonchev–Trinajstić information content (AvgIpc) is 2.26. The Kier molecular flexibility index (Phi) is 2.56. The van der Waals surface area contributed by atoms with E-state index < -0.39 is 0 Å². The molecule has 0 aliphatic carbocycles. The van der Waals surface area contributed by atoms with Gasteiger partial charge >= 0.3 is 0 Å². The molecule has 4 heteroatoms. The van der Waals surface area contributed by atoms with Gasteiger partial charge in [0.05, 0.1) is 0 Å². The van der Waals surface area contributed by atoms with Crippen molar-refractivity contribution in [3.8, 4) is 0 Å². The van der Waals surface area contributed by atoms with E-state index in [9.17, 15) is 0 Å². The Hall–Kier alpha value is -0.730. The van der Waals surface area contributed by atoms with Gasteiger partial charge < -0.3 is 0 Å². The molecule has 0 nitrogen and oxygen atoms in total. The Bertz CT molecular complexity index is 517. The molecule has 0 fully saturated rings. The van der Waals surface area contributed by atoms with E-state index in [1.807, 2.05) is 23.5 Å². The summed E-state index contributed by atoms with van der Waals surface area (Å²) in [4.78, 5) is 5.55. The molecule has 0 radical (unpaired) electrons. The van der Waals surface area contributed by atoms with Crippen LogP contribution in [0, 0.1) is 0 Å². The SMILES string of the molecule is Bc1ccc2c(c1)Sc1cc(B)ccc1S2. The summed E-state index contributed by atoms with van der Waals surface area (Å²) in [7, 11) is 4.30. The first kappa shape index (κ1) is 10.4. The third-order valence-electron chi connectivity index (χ3n) is 2.64. The highest BCUT2D eigenvalue weighted by Gasteiger charge is 2.16. The molecule has 16 heavy (non-hydrogen) atoms. The molecule has 0 aromatic heterocycles. The number of fused-ring (bicyclic) bond motifs is 2. The highest BCUT2D eigenvalue weighted by molar-refractivity contribution is 8.05. The van der Waals surface area contributed by atoms with Crippen molar-refractivity contribution in [1.29, 1.82) is 0 Å². The van der Waals surface area contributed by atoms with Gasteiger partial charge in [-0.15, -0.1) is 0 Å². The molecule has 0 N–H and O–H groups in total. The van der Waals surface area contributed by atoms with Crippen LogP contribution in [0.25, 0.3) is 0 Å². The van der Waals surface area contributed by atoms with Crippen LogP contribution >= 0.6 is 23.5 Å². The Labute approximate surface area is 106 Å². The lowest BCUT2D eigenvalue weighted by atomic mass is 9.97. The van der Waals surface area contributed by atoms with Crippen LogP contribution in [-0.4, -0.2) is 15.7 Å². The van der Waals surface area contributed by atoms with Crippen LogP contribution in [0.1, 0.15) is 0 Å². The minimum Gasteiger partial charge on any atom is -0.0878 e. The molecular formula is C12H10B2S2. The van der Waals surface area contributed by atoms with Gasteiger partial charge in [-0.25, -0.2) is 0 Å². The summed E-state index contributed by atoms with van der Waals surface area (Å²) in [5, 5.41) is 0. The predicted octanol–water partition coefficient (Wildman–Crippen LogP) is 0.819. The number of benzene rings is 2. The smallest absolute Gasteiger partial charge is 0.0878 e. The van der Waals surface area contributed by atoms with E-state index in [0.29, 0.717) is 0 Å². The molecule has 2 aromatic rings. The van der Waals surface area contributed by atoms with Gasteiger partial charge in [-0.3, -0.25) is 0 Å². The first-order chi connectivity index (χ1) is 7.72. The Balaban J connectivity index is 2.10. The molecule has 2 aromatic carbocycles. The van der Waals surface area contributed by atoms with Crippen LogP contribution in [0.2, 0.25) is 0 Å². The second-order valence-electron chi connectivity index (χ2n) is 4.10. The third-order valence-corrected chi connectivity index (χ3v) is 5.16. The van der Waals surface area contributed by atoms with E-state index in [-0.39, 0.29) is 0 Å². The zero-order valence-electron chi connectivity index (χ0n) is 9.28. The first-order valence-electron chi connectivity index (χ1n) is 5.29. The average molecular weight is 240 g/mol. The maximum atomic E-state index is 2.28. The quantitative estimate of drug-likeness (QED) is 0.533. The van der Waals surface area contributed by atoms with Crippen molar-refractivity contribution in [3.05, 3.63) is 36.4 Å². The van der Waals surface area contributed by atoms with Gasteiger partial charge in [-0.1, -0.05) is 58.7 Å². The zero-order valence-corrected chi connectivity index (χ0v) is 10.9. The summed E-state index contributed by atoms with van der Waals surface area (Å²) in [5.41, 5.74) is 2.67. The minimum atomic E-state index is 1.34. The summed E-state index contributed by atoms with van der Waals surface area (Å²) < 4.78 is 0. The van der Waals surface area contributed by atoms with Crippen LogP contribution in [-0.2, 0) is 0 Å². The molecule has 0 saturated heterocycles. The number of hydrogen-bond acceptors (Lipinski definition) is 2. The van der Waals surface area contributed by atoms with Gasteiger partial charge in [-0.05, 0) is 12.1 Å². The van der Waals surface area contributed by atoms with E-state index in [1.165, 1.54) is 30.5 Å². The molecule has 0 amide bonds. The van der Waals surface area contributed by atoms with E-state index in [1.54, 1.807) is 0 Å². The van der Waals surface area contributed by atoms with Gasteiger partial charge in [0.15, 0.2) is 0 Å². The third kappa shape index (κ3) is 1.80. The molecule has 0 bridgehead atoms. The van der Waals surface area contributed by atoms with Crippen molar-refractivity contribution in [3.63, 3.8) is 0 Å². The van der Waals surface area contributed by atoms with Crippen molar-refractivity contribution >= 4 is 50.1 Å². The molecule has 76 valence electrons. The van der Waals surface area contributed by atoms with Crippen LogP contribution in [0.5, 0.6) is 0 Å². The molecule has 1 aliphatic rings. The second-order valence-corrected chi connectivity index (χ2v) is 6.27. The summed E-state index contributed by atoms with van der Waals surface area (Å²) >= 11 is 3.77. The summed E-state index contributed by atoms with van der Waals surface area (Å²) in [5.74, 6) is 0. The zero-order chi connectivity index (χ0) is 11.1. The fraction of sp³-hybridized carbons (Fsp3) is 0. The summed E-state index contributed by atoms with van der Waals surface area (Å²) in [6, 6.07) is 13.4. The normalized spacial score (nSPS) is 13.0. The molecule has 0 spiro atoms. The number of rotatable bonds is 0. The maximum absolute atomic E-state index is 2.28. The van der Waals surface area contributed by atoms with E-state index in [2.05, 4.69) is 52.1 Å². The molecule has 1 heterocycles. The van der Waals surface area contributed by atoms with Crippen molar-refractivity contribution in [2.75, 3.05) is 0 Å². The second kappa shape index (κ2) is 3.94. The standard InChI is InChI=1S/C12H10B2S2/c13-7-1-3-9-11(5-7)16-12-6-8(14)2-4-10(12)15-9/h1-6H,13-14H2. The van der Waals surface area contributed by atoms with E-state index in [0.717, 1.165) is 0 Å². The molecule has 0 unspecified atom stereocenters. The summed E-state index contributed by atoms with van der Waals surface area (Å²) in [6.45, 7) is 0. The largest absolute Gasteiger partial charge is 0.139 e. The van der Waals surface area contributed by atoms with Crippen LogP contribution in [0.3, 0.4) is 0 Å². The molecule has 0 atom stereocenters. The molecule has 3 rings (SSSR count). The Morgan fingerprint density at radius 2 is 1.06 bits per heavy atom. The van der Waals surface area contributed by atoms with Crippen molar-refractivity contribution in [2.45, 2.75) is 19.6 Å². The topological polar surface area (TPSA) is 0 Å². The Morgan fingerprint density at radius 3 is 1.56 bits per heavy atom. The van der Waals surface area contributed by atoms with E-state index >= 15 is 0 Å². The molecular weight excluding hydrogens is 230 g/mol. The highest BCUT2D eigenvalue weighted by Crippen LogP contribution is 2.47. The van der Waals surface area contributed by atoms with Gasteiger partial charge in [0, 0.05) is 19.6 Å². The molecule has 1 aliphatic heterocycles. The first-order valence-corrected chi connectivity index (χ1v) is 6.93. The van der Waals surface area contributed by atoms with Gasteiger partial charge in [0.1, 0.15) is 15.7 Å². The van der Waals surface area contributed by atoms with Gasteiger partial charge in [0.2, 0.25) is 0 Å². The van der Waals surface area contributed by atoms with Gasteiger partial charge in [-0.2, -0.15) is 0 Å². The maximum Gasteiger partial charge on any atom is 0.139 e. The fourth-order valence-electron chi connectivity index (χ4n) is 1.80. The highest BCUT2D eigenvalue weighted by atomic mass is 32.2. The minimum absolute atomic E-state index is 1.34. The van der Waals surface area contributed by atoms with Crippen LogP contribution in [0.15, 0.2) is 56.0 Å². The van der Waals surface area contributed by atoms with Gasteiger partial charge in [0.25, 0.3) is 0 Å². The van der Waals surface area contributed by atoms with Crippen LogP contribution < -0.4 is 10.9 Å². The lowest BCUT2D eigenvalue weighted by Gasteiger charge is -2.19. The van der Waals surface area contributed by atoms with Crippen LogP contribution in [0.4, 0.5) is 0 Å². The summed E-state index contributed by atoms with van der Waals surface area (Å²) in [6.07, 6.45) is 0. The predicted molar refractivity (Wildman–Crippen MR) is 77.5 cm³/mol. The van der Waals surface area contributed by atoms with Crippen molar-refractivity contribution in [1.82, 2.24) is 0 Å². The lowest BCUT2D eigenvalue weighted by Crippen LogP contribution is -2.05. The van der Waals surface area contributed by atoms with Crippen molar-refractivity contribution in [2.24, 2.45) is 0 Å². The Morgan fingerprint density at radius 1 is 0.625 bits per heavy atom. The van der Waals surface area contributed by atoms with E-state index in [4.69, 9.17) is 0 Å². The fourth-order valence-corrected chi connectivity index (χ4v) is 4.19. The number of hydrogen-bond donors (Lipinski definition) is 0. The lowest BCUT2D eigenvalue weighted by molar-refractivity contribution is 1.17. The molecule has 0 saturated carbocycles.